The maximum Gasteiger partial charge on any atom is 0.141 e. The highest BCUT2D eigenvalue weighted by Crippen LogP contribution is 2.40. The molecule has 2 N–H and O–H groups in total. The summed E-state index contributed by atoms with van der Waals surface area (Å²) in [7, 11) is 0. The van der Waals surface area contributed by atoms with Crippen molar-refractivity contribution in [1.29, 1.82) is 0 Å². The van der Waals surface area contributed by atoms with Crippen LogP contribution in [-0.2, 0) is 11.2 Å². The maximum absolute atomic E-state index is 11.1. The van der Waals surface area contributed by atoms with Gasteiger partial charge >= 0.3 is 0 Å². The van der Waals surface area contributed by atoms with Crippen LogP contribution in [0.5, 0.6) is 5.75 Å². The number of hydrogen-bond donors (Lipinski definition) is 1. The molecule has 1 aromatic carbocycles. The molecule has 0 aromatic heterocycles. The van der Waals surface area contributed by atoms with Crippen molar-refractivity contribution < 1.29 is 9.53 Å². The number of ketones is 1. The number of benzene rings is 1. The van der Waals surface area contributed by atoms with E-state index in [-0.39, 0.29) is 11.9 Å². The van der Waals surface area contributed by atoms with Gasteiger partial charge in [0, 0.05) is 23.4 Å². The van der Waals surface area contributed by atoms with Crippen LogP contribution in [0.3, 0.4) is 0 Å². The standard InChI is InChI=1S/C15H18ClNO2S.C2H2/c1-3-14(20-8-9(2)18)10-4-11-5-12(7-17)19-15(11)13(16)6-10;1-2/h3-4,6,12H,5,7-8,17H2,1-2H3;1-2H/b14-3-;. The number of Topliss-reactive ketones (excluding diaryl/α,β-unsaturated/α-hetero) is 1. The van der Waals surface area contributed by atoms with E-state index in [9.17, 15) is 4.79 Å². The summed E-state index contributed by atoms with van der Waals surface area (Å²) in [6.07, 6.45) is 10.8. The third-order valence-corrected chi connectivity index (χ3v) is 4.71. The van der Waals surface area contributed by atoms with Crippen molar-refractivity contribution in [3.8, 4) is 18.6 Å². The first-order chi connectivity index (χ1) is 10.5. The zero-order chi connectivity index (χ0) is 16.7. The van der Waals surface area contributed by atoms with E-state index in [0.717, 1.165) is 28.2 Å². The summed E-state index contributed by atoms with van der Waals surface area (Å²) in [5.74, 6) is 1.38. The van der Waals surface area contributed by atoms with Gasteiger partial charge in [-0.15, -0.1) is 24.6 Å². The zero-order valence-corrected chi connectivity index (χ0v) is 14.3. The highest BCUT2D eigenvalue weighted by atomic mass is 35.5. The molecule has 1 atom stereocenters. The highest BCUT2D eigenvalue weighted by molar-refractivity contribution is 8.08. The molecule has 118 valence electrons. The maximum atomic E-state index is 11.1. The van der Waals surface area contributed by atoms with Crippen LogP contribution >= 0.6 is 23.4 Å². The molecule has 3 nitrogen and oxygen atoms in total. The fourth-order valence-electron chi connectivity index (χ4n) is 2.17. The molecule has 1 aliphatic heterocycles. The third-order valence-electron chi connectivity index (χ3n) is 3.09. The Morgan fingerprint density at radius 2 is 2.23 bits per heavy atom. The summed E-state index contributed by atoms with van der Waals surface area (Å²) in [4.78, 5) is 12.2. The van der Waals surface area contributed by atoms with Crippen molar-refractivity contribution in [2.45, 2.75) is 26.4 Å². The molecule has 1 aliphatic rings. The summed E-state index contributed by atoms with van der Waals surface area (Å²) in [6.45, 7) is 4.04. The molecule has 0 spiro atoms. The molecule has 1 aromatic rings. The quantitative estimate of drug-likeness (QED) is 0.835. The molecular formula is C17H20ClNO2S. The second-order valence-corrected chi connectivity index (χ2v) is 6.19. The Kier molecular flexibility index (Phi) is 7.53. The summed E-state index contributed by atoms with van der Waals surface area (Å²) in [6, 6.07) is 3.97. The summed E-state index contributed by atoms with van der Waals surface area (Å²) in [5, 5.41) is 0.608. The summed E-state index contributed by atoms with van der Waals surface area (Å²) in [5.41, 5.74) is 7.77. The minimum absolute atomic E-state index is 0.0108. The van der Waals surface area contributed by atoms with E-state index in [0.29, 0.717) is 17.3 Å². The predicted octanol–water partition coefficient (Wildman–Crippen LogP) is 3.53. The minimum Gasteiger partial charge on any atom is -0.487 e. The molecule has 0 bridgehead atoms. The lowest BCUT2D eigenvalue weighted by Gasteiger charge is -2.10. The number of nitrogens with two attached hydrogens (primary N) is 1. The molecule has 5 heteroatoms. The van der Waals surface area contributed by atoms with Crippen LogP contribution in [0.1, 0.15) is 25.0 Å². The monoisotopic (exact) mass is 337 g/mol. The fraction of sp³-hybridized carbons (Fsp3) is 0.353. The predicted molar refractivity (Wildman–Crippen MR) is 95.3 cm³/mol. The molecule has 1 unspecified atom stereocenters. The van der Waals surface area contributed by atoms with Gasteiger partial charge in [0.25, 0.3) is 0 Å². The van der Waals surface area contributed by atoms with Crippen molar-refractivity contribution in [1.82, 2.24) is 0 Å². The normalized spacial score (nSPS) is 16.3. The lowest BCUT2D eigenvalue weighted by Crippen LogP contribution is -2.24. The molecule has 22 heavy (non-hydrogen) atoms. The van der Waals surface area contributed by atoms with E-state index in [1.54, 1.807) is 6.92 Å². The number of terminal acetylenes is 1. The molecule has 0 fully saturated rings. The van der Waals surface area contributed by atoms with Crippen LogP contribution in [0, 0.1) is 12.8 Å². The van der Waals surface area contributed by atoms with Crippen LogP contribution < -0.4 is 10.5 Å². The van der Waals surface area contributed by atoms with E-state index >= 15 is 0 Å². The molecule has 0 amide bonds. The Balaban J connectivity index is 0.00000116. The molecule has 0 radical (unpaired) electrons. The third kappa shape index (κ3) is 4.54. The molecule has 2 rings (SSSR count). The number of allylic oxidation sites excluding steroid dienone is 1. The first-order valence-electron chi connectivity index (χ1n) is 6.86. The van der Waals surface area contributed by atoms with E-state index < -0.39 is 0 Å². The SMILES string of the molecule is C#C.C/C=C(\SCC(C)=O)c1cc(Cl)c2c(c1)CC(CN)O2. The second kappa shape index (κ2) is 8.89. The van der Waals surface area contributed by atoms with Crippen LogP contribution in [-0.4, -0.2) is 24.2 Å². The Labute approximate surface area is 141 Å². The molecule has 0 saturated carbocycles. The number of halogens is 1. The van der Waals surface area contributed by atoms with Crippen molar-refractivity contribution in [3.05, 3.63) is 34.4 Å². The molecular weight excluding hydrogens is 318 g/mol. The van der Waals surface area contributed by atoms with Crippen molar-refractivity contribution in [3.63, 3.8) is 0 Å². The van der Waals surface area contributed by atoms with Gasteiger partial charge in [0.15, 0.2) is 0 Å². The number of rotatable bonds is 5. The van der Waals surface area contributed by atoms with Gasteiger partial charge in [0.05, 0.1) is 10.8 Å². The summed E-state index contributed by atoms with van der Waals surface area (Å²) >= 11 is 7.82. The van der Waals surface area contributed by atoms with Gasteiger partial charge in [-0.25, -0.2) is 0 Å². The number of hydrogen-bond acceptors (Lipinski definition) is 4. The van der Waals surface area contributed by atoms with Gasteiger partial charge < -0.3 is 10.5 Å². The van der Waals surface area contributed by atoms with E-state index in [1.165, 1.54) is 11.8 Å². The first-order valence-corrected chi connectivity index (χ1v) is 8.23. The van der Waals surface area contributed by atoms with E-state index in [1.807, 2.05) is 19.1 Å². The number of carbonyl (C=O) groups excluding carboxylic acids is 1. The topological polar surface area (TPSA) is 52.3 Å². The second-order valence-electron chi connectivity index (χ2n) is 4.77. The van der Waals surface area contributed by atoms with Crippen molar-refractivity contribution >= 4 is 34.1 Å². The zero-order valence-electron chi connectivity index (χ0n) is 12.8. The van der Waals surface area contributed by atoms with Gasteiger partial charge in [-0.1, -0.05) is 17.7 Å². The van der Waals surface area contributed by atoms with Crippen LogP contribution in [0.15, 0.2) is 18.2 Å². The Hall–Kier alpha value is -1.41. The average molecular weight is 338 g/mol. The van der Waals surface area contributed by atoms with Crippen molar-refractivity contribution in [2.75, 3.05) is 12.3 Å². The van der Waals surface area contributed by atoms with Crippen molar-refractivity contribution in [2.24, 2.45) is 5.73 Å². The lowest BCUT2D eigenvalue weighted by molar-refractivity contribution is -0.114. The average Bonchev–Trinajstić information content (AvgIpc) is 2.93. The first kappa shape index (κ1) is 18.6. The highest BCUT2D eigenvalue weighted by Gasteiger charge is 2.25. The number of carbonyl (C=O) groups is 1. The Bertz CT molecular complexity index is 596. The van der Waals surface area contributed by atoms with Crippen LogP contribution in [0.2, 0.25) is 5.02 Å². The van der Waals surface area contributed by atoms with Gasteiger partial charge in [0.2, 0.25) is 0 Å². The van der Waals surface area contributed by atoms with Gasteiger partial charge in [-0.05, 0) is 31.5 Å². The molecule has 0 saturated heterocycles. The Morgan fingerprint density at radius 3 is 2.77 bits per heavy atom. The molecule has 0 aliphatic carbocycles. The van der Waals surface area contributed by atoms with Crippen LogP contribution in [0.4, 0.5) is 0 Å². The van der Waals surface area contributed by atoms with Gasteiger partial charge in [-0.3, -0.25) is 4.79 Å². The van der Waals surface area contributed by atoms with Gasteiger partial charge in [-0.2, -0.15) is 0 Å². The minimum atomic E-state index is 0.0108. The number of thioether (sulfide) groups is 1. The summed E-state index contributed by atoms with van der Waals surface area (Å²) < 4.78 is 5.72. The van der Waals surface area contributed by atoms with E-state index in [4.69, 9.17) is 22.1 Å². The molecule has 1 heterocycles. The lowest BCUT2D eigenvalue weighted by atomic mass is 10.1. The van der Waals surface area contributed by atoms with E-state index in [2.05, 4.69) is 18.9 Å². The number of fused-ring (bicyclic) bond motifs is 1. The Morgan fingerprint density at radius 1 is 1.55 bits per heavy atom. The number of ether oxygens (including phenoxy) is 1. The fourth-order valence-corrected chi connectivity index (χ4v) is 3.27. The van der Waals surface area contributed by atoms with Crippen LogP contribution in [0.25, 0.3) is 4.91 Å². The smallest absolute Gasteiger partial charge is 0.141 e. The van der Waals surface area contributed by atoms with Gasteiger partial charge in [0.1, 0.15) is 17.6 Å². The largest absolute Gasteiger partial charge is 0.487 e.